The summed E-state index contributed by atoms with van der Waals surface area (Å²) in [6, 6.07) is 0. The van der Waals surface area contributed by atoms with Gasteiger partial charge in [0.25, 0.3) is 0 Å². The lowest BCUT2D eigenvalue weighted by Crippen LogP contribution is -2.75. The van der Waals surface area contributed by atoms with Crippen molar-refractivity contribution >= 4 is 5.97 Å². The zero-order valence-corrected chi connectivity index (χ0v) is 48.8. The Hall–Kier alpha value is -1.41. The van der Waals surface area contributed by atoms with E-state index in [4.69, 9.17) is 47.4 Å². The highest BCUT2D eigenvalue weighted by Crippen LogP contribution is 2.81. The molecule has 0 radical (unpaired) electrons. The van der Waals surface area contributed by atoms with E-state index in [1.807, 2.05) is 0 Å². The number of rotatable bonds is 15. The number of carbonyl (C=O) groups is 1. The minimum absolute atomic E-state index is 0.0503. The van der Waals surface area contributed by atoms with Crippen LogP contribution in [0.2, 0.25) is 0 Å². The maximum Gasteiger partial charge on any atom is 0.306 e. The number of ether oxygens (including phenoxy) is 10. The molecular formula is C58H96O24. The van der Waals surface area contributed by atoms with E-state index >= 15 is 0 Å². The molecule has 10 aliphatic rings. The molecule has 82 heavy (non-hydrogen) atoms. The Kier molecular flexibility index (Phi) is 18.0. The Morgan fingerprint density at radius 3 is 1.87 bits per heavy atom. The van der Waals surface area contributed by atoms with Gasteiger partial charge in [0.15, 0.2) is 31.5 Å². The lowest BCUT2D eigenvalue weighted by Gasteiger charge is -2.75. The van der Waals surface area contributed by atoms with Gasteiger partial charge in [-0.05, 0) is 97.7 Å². The quantitative estimate of drug-likeness (QED) is 0.0550. The van der Waals surface area contributed by atoms with Crippen LogP contribution in [0.5, 0.6) is 0 Å². The topological polar surface area (TPSA) is 372 Å². The van der Waals surface area contributed by atoms with Crippen molar-refractivity contribution in [3.05, 3.63) is 0 Å². The molecule has 5 aliphatic carbocycles. The predicted octanol–water partition coefficient (Wildman–Crippen LogP) is -0.652. The van der Waals surface area contributed by atoms with E-state index in [-0.39, 0.29) is 46.4 Å². The molecule has 0 unspecified atom stereocenters. The van der Waals surface area contributed by atoms with Gasteiger partial charge in [-0.1, -0.05) is 68.2 Å². The van der Waals surface area contributed by atoms with E-state index in [9.17, 15) is 71.2 Å². The van der Waals surface area contributed by atoms with Gasteiger partial charge in [-0.3, -0.25) is 4.79 Å². The second-order valence-corrected chi connectivity index (χ2v) is 28.3. The van der Waals surface area contributed by atoms with E-state index < -0.39 is 183 Å². The van der Waals surface area contributed by atoms with Gasteiger partial charge in [-0.2, -0.15) is 0 Å². The molecule has 0 amide bonds. The molecule has 472 valence electrons. The van der Waals surface area contributed by atoms with Gasteiger partial charge in [0, 0.05) is 17.8 Å². The van der Waals surface area contributed by atoms with Crippen LogP contribution in [0.4, 0.5) is 0 Å². The van der Waals surface area contributed by atoms with Crippen LogP contribution in [0, 0.1) is 50.2 Å². The normalized spacial score (nSPS) is 54.2. The Morgan fingerprint density at radius 2 is 1.18 bits per heavy atom. The first-order chi connectivity index (χ1) is 38.5. The largest absolute Gasteiger partial charge is 0.461 e. The zero-order chi connectivity index (χ0) is 59.6. The van der Waals surface area contributed by atoms with Crippen molar-refractivity contribution in [3.63, 3.8) is 0 Å². The Bertz CT molecular complexity index is 2230. The number of hydrogen-bond acceptors (Lipinski definition) is 24. The summed E-state index contributed by atoms with van der Waals surface area (Å²) >= 11 is 0. The van der Waals surface area contributed by atoms with Gasteiger partial charge in [0.1, 0.15) is 91.6 Å². The average molecular weight is 1180 g/mol. The summed E-state index contributed by atoms with van der Waals surface area (Å²) in [6.07, 6.45) is -25.3. The lowest BCUT2D eigenvalue weighted by molar-refractivity contribution is -0.392. The van der Waals surface area contributed by atoms with Gasteiger partial charge in [-0.25, -0.2) is 0 Å². The minimum Gasteiger partial charge on any atom is -0.461 e. The van der Waals surface area contributed by atoms with Gasteiger partial charge >= 0.3 is 5.97 Å². The molecule has 24 heteroatoms. The number of aliphatic hydroxyl groups is 13. The molecule has 5 heterocycles. The zero-order valence-electron chi connectivity index (χ0n) is 48.8. The summed E-state index contributed by atoms with van der Waals surface area (Å²) < 4.78 is 62.4. The van der Waals surface area contributed by atoms with E-state index in [0.717, 1.165) is 32.1 Å². The van der Waals surface area contributed by atoms with Crippen LogP contribution < -0.4 is 0 Å². The molecule has 1 spiro atoms. The second kappa shape index (κ2) is 23.2. The number of unbranched alkanes of at least 4 members (excludes halogenated alkanes) is 2. The maximum atomic E-state index is 13.5. The third kappa shape index (κ3) is 9.99. The fraction of sp³-hybridized carbons (Fsp3) is 0.983. The number of esters is 1. The maximum absolute atomic E-state index is 13.5. The number of hydrogen-bond donors (Lipinski definition) is 13. The fourth-order valence-corrected chi connectivity index (χ4v) is 18.6. The number of aliphatic hydroxyl groups excluding tert-OH is 13. The third-order valence-corrected chi connectivity index (χ3v) is 23.1. The molecular weight excluding hydrogens is 1080 g/mol. The molecule has 13 N–H and O–H groups in total. The van der Waals surface area contributed by atoms with Gasteiger partial charge in [-0.15, -0.1) is 0 Å². The fourth-order valence-electron chi connectivity index (χ4n) is 18.6. The summed E-state index contributed by atoms with van der Waals surface area (Å²) in [5.74, 6) is -0.405. The summed E-state index contributed by atoms with van der Waals surface area (Å²) in [4.78, 5) is 13.5. The first-order valence-corrected chi connectivity index (χ1v) is 30.3. The molecule has 30 atom stereocenters. The van der Waals surface area contributed by atoms with Crippen LogP contribution >= 0.6 is 0 Å². The molecule has 0 aromatic rings. The molecule has 5 saturated carbocycles. The van der Waals surface area contributed by atoms with Crippen LogP contribution in [-0.4, -0.2) is 240 Å². The Labute approximate surface area is 479 Å². The van der Waals surface area contributed by atoms with Crippen molar-refractivity contribution in [2.45, 2.75) is 280 Å². The number of fused-ring (bicyclic) bond motifs is 4. The SMILES string of the molecule is CCCCCC(=O)O[C@H]1CC(C)(C)C[C@@H]2[C@@]13[C@H](O)C[C@]1(C)[C@@]2(CC[C@@H]2[C@@]4(C)CC[C@H](O[C@@H]5OC[C@H](O[C@@H]6O[C@H](CO)[C@@H](O)[C@H](O)[C@H]6O[C@@H]6OC[C@@H](O)[C@H](O)[C@H]6O)[C@H](O)[C@H]5O[C@@H]5O[C@H](CO)[C@@H](O)[C@H](O)[C@H]5O)C(C)(C)[C@@H]4CC[C@]21C)O[C@H]3O. The summed E-state index contributed by atoms with van der Waals surface area (Å²) in [5, 5.41) is 144. The molecule has 2 bridgehead atoms. The predicted molar refractivity (Wildman–Crippen MR) is 281 cm³/mol. The standard InChI is InChI=1S/C58H96O24/c1-9-10-11-12-36(63)78-35-21-52(2,3)19-32-57-18-14-31-54(6)16-15-34(53(4,5)30(54)13-17-55(31,7)56(57,8)20-33(62)58(32,35)51(72)82-57)79-49-45(81-48-44(71)41(68)38(65)27(22-59)75-48)40(67)29(25-74-49)77-50-46(42(69)39(66)28(23-60)76-50)80-47-43(70)37(64)26(61)24-73-47/h26-35,37-51,59-62,64-72H,9-25H2,1-8H3/t26-,27-,28-,29+,30+,31-,32+,33-,34+,35+,37+,38-,39-,40+,41+,42+,43-,44-,45-,46-,47+,48+,49+,50+,51-,54+,55-,56+,57+,58-/m1/s1. The van der Waals surface area contributed by atoms with Crippen LogP contribution in [0.25, 0.3) is 0 Å². The molecule has 5 aliphatic heterocycles. The number of carbonyl (C=O) groups excluding carboxylic acids is 1. The van der Waals surface area contributed by atoms with E-state index in [2.05, 4.69) is 55.4 Å². The van der Waals surface area contributed by atoms with Gasteiger partial charge < -0.3 is 114 Å². The Balaban J connectivity index is 0.899. The first kappa shape index (κ1) is 63.6. The van der Waals surface area contributed by atoms with Gasteiger partial charge in [0.2, 0.25) is 0 Å². The van der Waals surface area contributed by atoms with Crippen LogP contribution in [0.1, 0.15) is 139 Å². The highest BCUT2D eigenvalue weighted by Gasteiger charge is 2.84. The highest BCUT2D eigenvalue weighted by atomic mass is 16.8. The van der Waals surface area contributed by atoms with E-state index in [1.165, 1.54) is 0 Å². The van der Waals surface area contributed by atoms with Crippen molar-refractivity contribution in [2.24, 2.45) is 50.2 Å². The summed E-state index contributed by atoms with van der Waals surface area (Å²) in [6.45, 7) is 15.3. The molecule has 0 aromatic carbocycles. The van der Waals surface area contributed by atoms with Crippen LogP contribution in [-0.2, 0) is 52.2 Å². The van der Waals surface area contributed by atoms with E-state index in [1.54, 1.807) is 0 Å². The molecule has 5 saturated heterocycles. The van der Waals surface area contributed by atoms with Crippen molar-refractivity contribution < 1.29 is 119 Å². The third-order valence-electron chi connectivity index (χ3n) is 23.1. The lowest BCUT2D eigenvalue weighted by atomic mass is 9.30. The Morgan fingerprint density at radius 1 is 0.561 bits per heavy atom. The molecule has 24 nitrogen and oxygen atoms in total. The smallest absolute Gasteiger partial charge is 0.306 e. The molecule has 0 aromatic heterocycles. The van der Waals surface area contributed by atoms with Crippen molar-refractivity contribution in [1.29, 1.82) is 0 Å². The molecule has 10 fully saturated rings. The van der Waals surface area contributed by atoms with Crippen LogP contribution in [0.15, 0.2) is 0 Å². The molecule has 10 rings (SSSR count). The highest BCUT2D eigenvalue weighted by molar-refractivity contribution is 5.69. The van der Waals surface area contributed by atoms with Crippen molar-refractivity contribution in [3.8, 4) is 0 Å². The van der Waals surface area contributed by atoms with Crippen molar-refractivity contribution in [1.82, 2.24) is 0 Å². The summed E-state index contributed by atoms with van der Waals surface area (Å²) in [5.41, 5.74) is -4.12. The van der Waals surface area contributed by atoms with E-state index in [0.29, 0.717) is 44.9 Å². The average Bonchev–Trinajstić information content (AvgIpc) is 1.38. The first-order valence-electron chi connectivity index (χ1n) is 30.3. The second-order valence-electron chi connectivity index (χ2n) is 28.3. The minimum atomic E-state index is -1.91. The van der Waals surface area contributed by atoms with Crippen molar-refractivity contribution in [2.75, 3.05) is 26.4 Å². The van der Waals surface area contributed by atoms with Crippen LogP contribution in [0.3, 0.4) is 0 Å². The van der Waals surface area contributed by atoms with Gasteiger partial charge in [0.05, 0.1) is 49.7 Å². The monoisotopic (exact) mass is 1180 g/mol. The summed E-state index contributed by atoms with van der Waals surface area (Å²) in [7, 11) is 0.